The molecule has 0 aromatic heterocycles. The maximum absolute atomic E-state index is 9.10. The lowest BCUT2D eigenvalue weighted by Crippen LogP contribution is -2.25. The monoisotopic (exact) mass is 258 g/mol. The van der Waals surface area contributed by atoms with Crippen molar-refractivity contribution >= 4 is 0 Å². The molecule has 19 heavy (non-hydrogen) atoms. The minimum Gasteiger partial charge on any atom is -0.396 e. The van der Waals surface area contributed by atoms with E-state index in [1.807, 2.05) is 54.6 Å². The number of aliphatic hydroxyl groups excluding tert-OH is 2. The fourth-order valence-electron chi connectivity index (χ4n) is 2.03. The lowest BCUT2D eigenvalue weighted by atomic mass is 9.97. The Labute approximate surface area is 112 Å². The van der Waals surface area contributed by atoms with Gasteiger partial charge in [-0.3, -0.25) is 0 Å². The lowest BCUT2D eigenvalue weighted by Gasteiger charge is -2.16. The van der Waals surface area contributed by atoms with Gasteiger partial charge in [-0.25, -0.2) is 0 Å². The van der Waals surface area contributed by atoms with Gasteiger partial charge in [0.1, 0.15) is 0 Å². The zero-order valence-corrected chi connectivity index (χ0v) is 10.6. The average molecular weight is 258 g/mol. The van der Waals surface area contributed by atoms with Crippen molar-refractivity contribution in [2.45, 2.75) is 12.7 Å². The van der Waals surface area contributed by atoms with Crippen molar-refractivity contribution in [3.8, 4) is 11.1 Å². The van der Waals surface area contributed by atoms with E-state index in [0.29, 0.717) is 6.42 Å². The summed E-state index contributed by atoms with van der Waals surface area (Å²) in [6.07, 6.45) is -1.04. The van der Waals surface area contributed by atoms with Crippen LogP contribution in [0.2, 0.25) is 0 Å². The second-order valence-electron chi connectivity index (χ2n) is 4.62. The molecule has 3 N–H and O–H groups in total. The molecule has 3 heteroatoms. The third kappa shape index (κ3) is 3.64. The molecule has 3 nitrogen and oxygen atoms in total. The Kier molecular flexibility index (Phi) is 4.68. The van der Waals surface area contributed by atoms with Crippen LogP contribution >= 0.6 is 0 Å². The van der Waals surface area contributed by atoms with Gasteiger partial charge in [0.15, 0.2) is 6.29 Å². The van der Waals surface area contributed by atoms with Crippen LogP contribution < -0.4 is 0 Å². The summed E-state index contributed by atoms with van der Waals surface area (Å²) in [5, 5.41) is 27.3. The van der Waals surface area contributed by atoms with Crippen LogP contribution in [-0.2, 0) is 6.42 Å². The van der Waals surface area contributed by atoms with Crippen LogP contribution in [-0.4, -0.2) is 28.2 Å². The Morgan fingerprint density at radius 1 is 0.789 bits per heavy atom. The van der Waals surface area contributed by atoms with Crippen molar-refractivity contribution in [3.63, 3.8) is 0 Å². The zero-order valence-electron chi connectivity index (χ0n) is 10.6. The van der Waals surface area contributed by atoms with Crippen molar-refractivity contribution in [2.75, 3.05) is 6.61 Å². The molecule has 1 unspecified atom stereocenters. The molecule has 0 bridgehead atoms. The van der Waals surface area contributed by atoms with Crippen LogP contribution in [0.4, 0.5) is 0 Å². The van der Waals surface area contributed by atoms with Crippen molar-refractivity contribution in [1.29, 1.82) is 0 Å². The summed E-state index contributed by atoms with van der Waals surface area (Å²) >= 11 is 0. The molecule has 2 rings (SSSR count). The molecular formula is C16H18O3. The van der Waals surface area contributed by atoms with Gasteiger partial charge < -0.3 is 15.3 Å². The van der Waals surface area contributed by atoms with Gasteiger partial charge in [-0.05, 0) is 23.1 Å². The summed E-state index contributed by atoms with van der Waals surface area (Å²) in [5.41, 5.74) is 3.25. The smallest absolute Gasteiger partial charge is 0.156 e. The summed E-state index contributed by atoms with van der Waals surface area (Å²) in [5.74, 6) is -0.539. The van der Waals surface area contributed by atoms with Crippen LogP contribution in [0.3, 0.4) is 0 Å². The van der Waals surface area contributed by atoms with Crippen LogP contribution in [0.1, 0.15) is 5.56 Å². The molecule has 2 aromatic rings. The first-order valence-electron chi connectivity index (χ1n) is 6.32. The van der Waals surface area contributed by atoms with Gasteiger partial charge in [-0.2, -0.15) is 0 Å². The van der Waals surface area contributed by atoms with Gasteiger partial charge in [-0.15, -0.1) is 0 Å². The van der Waals surface area contributed by atoms with Crippen LogP contribution in [0.5, 0.6) is 0 Å². The predicted molar refractivity (Wildman–Crippen MR) is 74.4 cm³/mol. The summed E-state index contributed by atoms with van der Waals surface area (Å²) in [4.78, 5) is 0. The van der Waals surface area contributed by atoms with E-state index in [2.05, 4.69) is 0 Å². The lowest BCUT2D eigenvalue weighted by molar-refractivity contribution is -0.0959. The number of hydrogen-bond acceptors (Lipinski definition) is 3. The normalized spacial score (nSPS) is 12.6. The Morgan fingerprint density at radius 3 is 1.89 bits per heavy atom. The Balaban J connectivity index is 2.11. The second-order valence-corrected chi connectivity index (χ2v) is 4.62. The van der Waals surface area contributed by atoms with Gasteiger partial charge in [0, 0.05) is 5.92 Å². The third-order valence-corrected chi connectivity index (χ3v) is 3.22. The Morgan fingerprint density at radius 2 is 1.37 bits per heavy atom. The molecule has 2 aromatic carbocycles. The molecule has 1 atom stereocenters. The molecule has 0 fully saturated rings. The van der Waals surface area contributed by atoms with Crippen LogP contribution in [0, 0.1) is 5.92 Å². The van der Waals surface area contributed by atoms with Crippen LogP contribution in [0.25, 0.3) is 11.1 Å². The van der Waals surface area contributed by atoms with Gasteiger partial charge in [0.2, 0.25) is 0 Å². The Hall–Kier alpha value is -1.68. The molecule has 0 spiro atoms. The highest BCUT2D eigenvalue weighted by atomic mass is 16.5. The molecule has 0 saturated carbocycles. The molecule has 0 saturated heterocycles. The van der Waals surface area contributed by atoms with Gasteiger partial charge >= 0.3 is 0 Å². The third-order valence-electron chi connectivity index (χ3n) is 3.22. The molecule has 0 amide bonds. The van der Waals surface area contributed by atoms with Gasteiger partial charge in [-0.1, -0.05) is 54.6 Å². The maximum atomic E-state index is 9.10. The molecule has 0 aliphatic heterocycles. The molecule has 0 radical (unpaired) electrons. The van der Waals surface area contributed by atoms with Crippen molar-refractivity contribution in [3.05, 3.63) is 60.2 Å². The van der Waals surface area contributed by atoms with E-state index in [9.17, 15) is 0 Å². The average Bonchev–Trinajstić information content (AvgIpc) is 2.46. The summed E-state index contributed by atoms with van der Waals surface area (Å²) < 4.78 is 0. The van der Waals surface area contributed by atoms with E-state index < -0.39 is 12.2 Å². The first-order chi connectivity index (χ1) is 9.20. The molecule has 100 valence electrons. The summed E-state index contributed by atoms with van der Waals surface area (Å²) in [6, 6.07) is 18.0. The molecule has 0 heterocycles. The highest BCUT2D eigenvalue weighted by molar-refractivity contribution is 5.63. The summed E-state index contributed by atoms with van der Waals surface area (Å²) in [6.45, 7) is -0.238. The number of rotatable bonds is 5. The van der Waals surface area contributed by atoms with Crippen molar-refractivity contribution in [1.82, 2.24) is 0 Å². The highest BCUT2D eigenvalue weighted by Gasteiger charge is 2.15. The van der Waals surface area contributed by atoms with Crippen LogP contribution in [0.15, 0.2) is 54.6 Å². The first-order valence-corrected chi connectivity index (χ1v) is 6.32. The first kappa shape index (κ1) is 13.7. The Bertz CT molecular complexity index is 491. The molecular weight excluding hydrogens is 240 g/mol. The van der Waals surface area contributed by atoms with E-state index >= 15 is 0 Å². The highest BCUT2D eigenvalue weighted by Crippen LogP contribution is 2.20. The molecule has 0 aliphatic rings. The second kappa shape index (κ2) is 6.48. The molecule has 0 aliphatic carbocycles. The minimum absolute atomic E-state index is 0.238. The topological polar surface area (TPSA) is 60.7 Å². The van der Waals surface area contributed by atoms with E-state index in [0.717, 1.165) is 16.7 Å². The standard InChI is InChI=1S/C16H18O3/c17-11-15(16(18)19)10-12-6-8-14(9-7-12)13-4-2-1-3-5-13/h1-9,15-19H,10-11H2. The number of benzene rings is 2. The minimum atomic E-state index is -1.49. The fourth-order valence-corrected chi connectivity index (χ4v) is 2.03. The van der Waals surface area contributed by atoms with Crippen molar-refractivity contribution < 1.29 is 15.3 Å². The fraction of sp³-hybridized carbons (Fsp3) is 0.250. The zero-order chi connectivity index (χ0) is 13.7. The predicted octanol–water partition coefficient (Wildman–Crippen LogP) is 1.82. The SMILES string of the molecule is OCC(Cc1ccc(-c2ccccc2)cc1)C(O)O. The largest absolute Gasteiger partial charge is 0.396 e. The van der Waals surface area contributed by atoms with Gasteiger partial charge in [0.25, 0.3) is 0 Å². The van der Waals surface area contributed by atoms with E-state index in [1.54, 1.807) is 0 Å². The van der Waals surface area contributed by atoms with E-state index in [4.69, 9.17) is 15.3 Å². The van der Waals surface area contributed by atoms with Gasteiger partial charge in [0.05, 0.1) is 6.61 Å². The van der Waals surface area contributed by atoms with E-state index in [-0.39, 0.29) is 6.61 Å². The van der Waals surface area contributed by atoms with Crippen molar-refractivity contribution in [2.24, 2.45) is 5.92 Å². The number of hydrogen-bond donors (Lipinski definition) is 3. The maximum Gasteiger partial charge on any atom is 0.156 e. The number of aliphatic hydroxyl groups is 3. The quantitative estimate of drug-likeness (QED) is 0.717. The van der Waals surface area contributed by atoms with E-state index in [1.165, 1.54) is 0 Å². The summed E-state index contributed by atoms with van der Waals surface area (Å²) in [7, 11) is 0.